The molecule has 0 spiro atoms. The molecule has 2 aromatic heterocycles. The summed E-state index contributed by atoms with van der Waals surface area (Å²) in [5, 5.41) is 0.952. The molecule has 0 fully saturated rings. The van der Waals surface area contributed by atoms with Crippen LogP contribution in [0, 0.1) is 5.82 Å². The minimum atomic E-state index is -0.201. The summed E-state index contributed by atoms with van der Waals surface area (Å²) in [4.78, 5) is 15.0. The Morgan fingerprint density at radius 1 is 1.11 bits per heavy atom. The monoisotopic (exact) mass is 358 g/mol. The fourth-order valence-electron chi connectivity index (χ4n) is 3.74. The van der Waals surface area contributed by atoms with Crippen LogP contribution in [-0.2, 0) is 19.5 Å². The van der Waals surface area contributed by atoms with Crippen LogP contribution in [0.5, 0.6) is 0 Å². The second-order valence-corrected chi connectivity index (χ2v) is 7.00. The van der Waals surface area contributed by atoms with Crippen LogP contribution in [0.4, 0.5) is 4.39 Å². The Morgan fingerprint density at radius 3 is 2.89 bits per heavy atom. The highest BCUT2D eigenvalue weighted by Crippen LogP contribution is 2.25. The standard InChI is InChI=1S/C22H19FN4/c23-18-6-7-20-19(10-18)17(12-24-20)13-27-9-8-16-11-25-22(26-21(16)14-27)15-4-2-1-3-5-15/h1-7,10-12,24H,8-9,13-14H2. The third-order valence-electron chi connectivity index (χ3n) is 5.18. The largest absolute Gasteiger partial charge is 0.361 e. The summed E-state index contributed by atoms with van der Waals surface area (Å²) in [6.45, 7) is 2.50. The first-order chi connectivity index (χ1) is 13.3. The van der Waals surface area contributed by atoms with Gasteiger partial charge in [-0.15, -0.1) is 0 Å². The minimum Gasteiger partial charge on any atom is -0.361 e. The molecule has 134 valence electrons. The van der Waals surface area contributed by atoms with Gasteiger partial charge in [-0.3, -0.25) is 4.90 Å². The normalized spacial score (nSPS) is 14.4. The zero-order valence-electron chi connectivity index (χ0n) is 14.8. The Kier molecular flexibility index (Phi) is 3.94. The van der Waals surface area contributed by atoms with Crippen molar-refractivity contribution in [1.82, 2.24) is 19.9 Å². The molecule has 2 aromatic carbocycles. The van der Waals surface area contributed by atoms with E-state index in [0.717, 1.165) is 59.6 Å². The van der Waals surface area contributed by atoms with Crippen molar-refractivity contribution >= 4 is 10.9 Å². The van der Waals surface area contributed by atoms with Gasteiger partial charge in [0.15, 0.2) is 5.82 Å². The summed E-state index contributed by atoms with van der Waals surface area (Å²) in [7, 11) is 0. The van der Waals surface area contributed by atoms with Crippen LogP contribution in [0.2, 0.25) is 0 Å². The first-order valence-corrected chi connectivity index (χ1v) is 9.14. The zero-order valence-corrected chi connectivity index (χ0v) is 14.8. The van der Waals surface area contributed by atoms with Crippen LogP contribution < -0.4 is 0 Å². The lowest BCUT2D eigenvalue weighted by atomic mass is 10.1. The fourth-order valence-corrected chi connectivity index (χ4v) is 3.74. The molecule has 5 heteroatoms. The number of halogens is 1. The van der Waals surface area contributed by atoms with E-state index in [9.17, 15) is 4.39 Å². The number of aromatic amines is 1. The maximum atomic E-state index is 13.6. The molecule has 0 saturated carbocycles. The second-order valence-electron chi connectivity index (χ2n) is 7.00. The molecule has 0 atom stereocenters. The topological polar surface area (TPSA) is 44.8 Å². The molecule has 0 amide bonds. The average molecular weight is 358 g/mol. The molecule has 0 bridgehead atoms. The zero-order chi connectivity index (χ0) is 18.2. The van der Waals surface area contributed by atoms with E-state index in [4.69, 9.17) is 4.98 Å². The van der Waals surface area contributed by atoms with Crippen molar-refractivity contribution in [3.63, 3.8) is 0 Å². The van der Waals surface area contributed by atoms with Crippen molar-refractivity contribution in [1.29, 1.82) is 0 Å². The van der Waals surface area contributed by atoms with Crippen LogP contribution in [0.25, 0.3) is 22.3 Å². The van der Waals surface area contributed by atoms with E-state index in [2.05, 4.69) is 14.9 Å². The summed E-state index contributed by atoms with van der Waals surface area (Å²) in [5.74, 6) is 0.568. The van der Waals surface area contributed by atoms with Gasteiger partial charge in [0, 0.05) is 48.5 Å². The van der Waals surface area contributed by atoms with Crippen LogP contribution in [0.15, 0.2) is 60.9 Å². The van der Waals surface area contributed by atoms with Gasteiger partial charge in [-0.1, -0.05) is 30.3 Å². The Hall–Kier alpha value is -3.05. The van der Waals surface area contributed by atoms with Gasteiger partial charge in [-0.2, -0.15) is 0 Å². The molecule has 4 aromatic rings. The van der Waals surface area contributed by atoms with Gasteiger partial charge in [0.05, 0.1) is 5.69 Å². The Balaban J connectivity index is 1.41. The minimum absolute atomic E-state index is 0.201. The van der Waals surface area contributed by atoms with Crippen molar-refractivity contribution < 1.29 is 4.39 Å². The highest BCUT2D eigenvalue weighted by atomic mass is 19.1. The number of hydrogen-bond donors (Lipinski definition) is 1. The number of fused-ring (bicyclic) bond motifs is 2. The molecule has 4 nitrogen and oxygen atoms in total. The van der Waals surface area contributed by atoms with Gasteiger partial charge < -0.3 is 4.98 Å². The first kappa shape index (κ1) is 16.1. The molecule has 1 aliphatic heterocycles. The molecule has 0 unspecified atom stereocenters. The Morgan fingerprint density at radius 2 is 2.00 bits per heavy atom. The maximum absolute atomic E-state index is 13.6. The molecule has 3 heterocycles. The van der Waals surface area contributed by atoms with E-state index in [1.54, 1.807) is 12.1 Å². The average Bonchev–Trinajstić information content (AvgIpc) is 3.10. The van der Waals surface area contributed by atoms with E-state index in [1.165, 1.54) is 11.6 Å². The second kappa shape index (κ2) is 6.59. The molecule has 5 rings (SSSR count). The van der Waals surface area contributed by atoms with Gasteiger partial charge >= 0.3 is 0 Å². The predicted molar refractivity (Wildman–Crippen MR) is 104 cm³/mol. The van der Waals surface area contributed by atoms with Gasteiger partial charge in [0.1, 0.15) is 5.82 Å². The van der Waals surface area contributed by atoms with Crippen molar-refractivity contribution in [3.05, 3.63) is 83.6 Å². The van der Waals surface area contributed by atoms with E-state index in [0.29, 0.717) is 0 Å². The van der Waals surface area contributed by atoms with Crippen LogP contribution in [0.1, 0.15) is 16.8 Å². The van der Waals surface area contributed by atoms with Crippen LogP contribution in [-0.4, -0.2) is 26.4 Å². The summed E-state index contributed by atoms with van der Waals surface area (Å²) in [6, 6.07) is 14.9. The van der Waals surface area contributed by atoms with Crippen molar-refractivity contribution in [2.75, 3.05) is 6.54 Å². The summed E-state index contributed by atoms with van der Waals surface area (Å²) < 4.78 is 13.6. The molecule has 27 heavy (non-hydrogen) atoms. The lowest BCUT2D eigenvalue weighted by Crippen LogP contribution is -2.31. The quantitative estimate of drug-likeness (QED) is 0.593. The van der Waals surface area contributed by atoms with Gasteiger partial charge in [-0.25, -0.2) is 14.4 Å². The van der Waals surface area contributed by atoms with Crippen molar-refractivity contribution in [3.8, 4) is 11.4 Å². The van der Waals surface area contributed by atoms with E-state index in [1.807, 2.05) is 42.7 Å². The van der Waals surface area contributed by atoms with E-state index < -0.39 is 0 Å². The molecule has 0 saturated heterocycles. The number of rotatable bonds is 3. The lowest BCUT2D eigenvalue weighted by Gasteiger charge is -2.27. The van der Waals surface area contributed by atoms with Crippen LogP contribution >= 0.6 is 0 Å². The number of H-pyrrole nitrogens is 1. The molecule has 1 aliphatic rings. The number of aromatic nitrogens is 3. The number of nitrogens with zero attached hydrogens (tertiary/aromatic N) is 3. The van der Waals surface area contributed by atoms with Gasteiger partial charge in [0.25, 0.3) is 0 Å². The van der Waals surface area contributed by atoms with E-state index >= 15 is 0 Å². The smallest absolute Gasteiger partial charge is 0.159 e. The highest BCUT2D eigenvalue weighted by Gasteiger charge is 2.20. The van der Waals surface area contributed by atoms with Crippen LogP contribution in [0.3, 0.4) is 0 Å². The predicted octanol–water partition coefficient (Wildman–Crippen LogP) is 4.32. The third kappa shape index (κ3) is 3.11. The summed E-state index contributed by atoms with van der Waals surface area (Å²) >= 11 is 0. The van der Waals surface area contributed by atoms with Crippen molar-refractivity contribution in [2.24, 2.45) is 0 Å². The summed E-state index contributed by atoms with van der Waals surface area (Å²) in [5.41, 5.74) is 5.42. The molecular formula is C22H19FN4. The number of benzene rings is 2. The van der Waals surface area contributed by atoms with E-state index in [-0.39, 0.29) is 5.82 Å². The number of nitrogens with one attached hydrogen (secondary N) is 1. The maximum Gasteiger partial charge on any atom is 0.159 e. The Bertz CT molecular complexity index is 1100. The molecule has 0 aliphatic carbocycles. The fraction of sp³-hybridized carbons (Fsp3) is 0.182. The third-order valence-corrected chi connectivity index (χ3v) is 5.18. The number of hydrogen-bond acceptors (Lipinski definition) is 3. The van der Waals surface area contributed by atoms with Crippen molar-refractivity contribution in [2.45, 2.75) is 19.5 Å². The highest BCUT2D eigenvalue weighted by molar-refractivity contribution is 5.83. The molecule has 0 radical (unpaired) electrons. The SMILES string of the molecule is Fc1ccc2[nH]cc(CN3CCc4cnc(-c5ccccc5)nc4C3)c2c1. The van der Waals surface area contributed by atoms with Gasteiger partial charge in [-0.05, 0) is 35.7 Å². The summed E-state index contributed by atoms with van der Waals surface area (Å²) in [6.07, 6.45) is 4.87. The Labute approximate surface area is 156 Å². The lowest BCUT2D eigenvalue weighted by molar-refractivity contribution is 0.242. The van der Waals surface area contributed by atoms with Gasteiger partial charge in [0.2, 0.25) is 0 Å². The molecular weight excluding hydrogens is 339 g/mol. The molecule has 1 N–H and O–H groups in total. The first-order valence-electron chi connectivity index (χ1n) is 9.14.